The fraction of sp³-hybridized carbons (Fsp3) is 0.308. The Hall–Kier alpha value is -1.81. The van der Waals surface area contributed by atoms with E-state index in [-0.39, 0.29) is 12.4 Å². The van der Waals surface area contributed by atoms with Crippen molar-refractivity contribution in [3.63, 3.8) is 0 Å². The van der Waals surface area contributed by atoms with Crippen molar-refractivity contribution in [3.05, 3.63) is 41.7 Å². The zero-order valence-electron chi connectivity index (χ0n) is 9.80. The highest BCUT2D eigenvalue weighted by Gasteiger charge is 2.07. The highest BCUT2D eigenvalue weighted by molar-refractivity contribution is 5.40. The number of hydrogen-bond donors (Lipinski definition) is 2. The van der Waals surface area contributed by atoms with E-state index < -0.39 is 0 Å². The van der Waals surface area contributed by atoms with Gasteiger partial charge < -0.3 is 10.2 Å². The van der Waals surface area contributed by atoms with Crippen molar-refractivity contribution in [2.24, 2.45) is 0 Å². The number of aryl methyl sites for hydroxylation is 1. The van der Waals surface area contributed by atoms with Crippen LogP contribution >= 0.6 is 0 Å². The molecule has 0 atom stereocenters. The predicted octanol–water partition coefficient (Wildman–Crippen LogP) is 1.81. The number of rotatable bonds is 4. The number of aromatic hydroxyl groups is 1. The molecule has 0 fully saturated rings. The van der Waals surface area contributed by atoms with E-state index in [0.29, 0.717) is 0 Å². The summed E-state index contributed by atoms with van der Waals surface area (Å²) in [5.41, 5.74) is 3.02. The lowest BCUT2D eigenvalue weighted by Crippen LogP contribution is -1.99. The topological polar surface area (TPSA) is 58.3 Å². The Labute approximate surface area is 100 Å². The second-order valence-electron chi connectivity index (χ2n) is 4.01. The van der Waals surface area contributed by atoms with Gasteiger partial charge >= 0.3 is 0 Å². The SMILES string of the molecule is Cc1c(CCCO)cnn1-c1cccc(O)c1. The molecular formula is C13H16N2O2. The summed E-state index contributed by atoms with van der Waals surface area (Å²) in [7, 11) is 0. The van der Waals surface area contributed by atoms with Crippen LogP contribution < -0.4 is 0 Å². The van der Waals surface area contributed by atoms with Crippen LogP contribution in [-0.4, -0.2) is 26.6 Å². The standard InChI is InChI=1S/C13H16N2O2/c1-10-11(4-3-7-16)9-14-15(10)12-5-2-6-13(17)8-12/h2,5-6,8-9,16-17H,3-4,7H2,1H3. The van der Waals surface area contributed by atoms with Crippen LogP contribution in [0.4, 0.5) is 0 Å². The Balaban J connectivity index is 2.30. The fourth-order valence-electron chi connectivity index (χ4n) is 1.84. The Bertz CT molecular complexity index is 506. The zero-order valence-corrected chi connectivity index (χ0v) is 9.80. The summed E-state index contributed by atoms with van der Waals surface area (Å²) >= 11 is 0. The van der Waals surface area contributed by atoms with Gasteiger partial charge in [0.2, 0.25) is 0 Å². The molecule has 0 bridgehead atoms. The first-order valence-corrected chi connectivity index (χ1v) is 5.66. The van der Waals surface area contributed by atoms with Crippen LogP contribution in [0, 0.1) is 6.92 Å². The molecule has 0 amide bonds. The second kappa shape index (κ2) is 5.01. The van der Waals surface area contributed by atoms with Crippen molar-refractivity contribution >= 4 is 0 Å². The molecule has 0 saturated heterocycles. The van der Waals surface area contributed by atoms with Crippen molar-refractivity contribution in [1.82, 2.24) is 9.78 Å². The van der Waals surface area contributed by atoms with Crippen molar-refractivity contribution in [2.45, 2.75) is 19.8 Å². The third-order valence-electron chi connectivity index (χ3n) is 2.79. The van der Waals surface area contributed by atoms with E-state index in [9.17, 15) is 5.11 Å². The minimum Gasteiger partial charge on any atom is -0.508 e. The van der Waals surface area contributed by atoms with Gasteiger partial charge in [0, 0.05) is 18.4 Å². The van der Waals surface area contributed by atoms with Crippen molar-refractivity contribution in [3.8, 4) is 11.4 Å². The number of aromatic nitrogens is 2. The number of nitrogens with zero attached hydrogens (tertiary/aromatic N) is 2. The molecule has 1 aromatic carbocycles. The van der Waals surface area contributed by atoms with Gasteiger partial charge in [-0.1, -0.05) is 6.07 Å². The molecule has 1 heterocycles. The van der Waals surface area contributed by atoms with Gasteiger partial charge in [0.25, 0.3) is 0 Å². The summed E-state index contributed by atoms with van der Waals surface area (Å²) in [6.45, 7) is 2.18. The van der Waals surface area contributed by atoms with Gasteiger partial charge in [-0.05, 0) is 37.5 Å². The first-order valence-electron chi connectivity index (χ1n) is 5.66. The second-order valence-corrected chi connectivity index (χ2v) is 4.01. The van der Waals surface area contributed by atoms with Gasteiger partial charge in [-0.15, -0.1) is 0 Å². The third-order valence-corrected chi connectivity index (χ3v) is 2.79. The van der Waals surface area contributed by atoms with E-state index in [1.807, 2.05) is 19.2 Å². The number of phenols is 1. The average molecular weight is 232 g/mol. The molecule has 0 aliphatic heterocycles. The number of hydrogen-bond acceptors (Lipinski definition) is 3. The lowest BCUT2D eigenvalue weighted by molar-refractivity contribution is 0.288. The third kappa shape index (κ3) is 2.47. The first kappa shape index (κ1) is 11.7. The molecule has 1 aromatic heterocycles. The van der Waals surface area contributed by atoms with Gasteiger partial charge in [0.1, 0.15) is 5.75 Å². The molecule has 0 saturated carbocycles. The monoisotopic (exact) mass is 232 g/mol. The zero-order chi connectivity index (χ0) is 12.3. The fourth-order valence-corrected chi connectivity index (χ4v) is 1.84. The molecule has 4 nitrogen and oxygen atoms in total. The van der Waals surface area contributed by atoms with Crippen LogP contribution in [0.15, 0.2) is 30.5 Å². The van der Waals surface area contributed by atoms with Gasteiger partial charge in [0.15, 0.2) is 0 Å². The molecular weight excluding hydrogens is 216 g/mol. The maximum atomic E-state index is 9.44. The van der Waals surface area contributed by atoms with Crippen LogP contribution in [0.3, 0.4) is 0 Å². The molecule has 0 radical (unpaired) electrons. The smallest absolute Gasteiger partial charge is 0.117 e. The molecule has 4 heteroatoms. The summed E-state index contributed by atoms with van der Waals surface area (Å²) in [5, 5.41) is 22.6. The van der Waals surface area contributed by atoms with Gasteiger partial charge in [-0.25, -0.2) is 4.68 Å². The first-order chi connectivity index (χ1) is 8.22. The molecule has 0 spiro atoms. The minimum atomic E-state index is 0.191. The molecule has 0 unspecified atom stereocenters. The molecule has 17 heavy (non-hydrogen) atoms. The van der Waals surface area contributed by atoms with E-state index >= 15 is 0 Å². The van der Waals surface area contributed by atoms with E-state index in [2.05, 4.69) is 5.10 Å². The van der Waals surface area contributed by atoms with E-state index in [1.165, 1.54) is 0 Å². The summed E-state index contributed by atoms with van der Waals surface area (Å²) in [6.07, 6.45) is 3.38. The summed E-state index contributed by atoms with van der Waals surface area (Å²) in [4.78, 5) is 0. The Morgan fingerprint density at radius 3 is 2.88 bits per heavy atom. The largest absolute Gasteiger partial charge is 0.508 e. The number of phenolic OH excluding ortho intramolecular Hbond substituents is 1. The summed E-state index contributed by atoms with van der Waals surface area (Å²) in [6, 6.07) is 7.00. The molecule has 2 rings (SSSR count). The normalized spacial score (nSPS) is 10.7. The Morgan fingerprint density at radius 1 is 1.35 bits per heavy atom. The average Bonchev–Trinajstić information content (AvgIpc) is 2.68. The summed E-state index contributed by atoms with van der Waals surface area (Å²) in [5.74, 6) is 0.231. The number of aliphatic hydroxyl groups excluding tert-OH is 1. The number of aliphatic hydroxyl groups is 1. The van der Waals surface area contributed by atoms with Crippen LogP contribution in [0.2, 0.25) is 0 Å². The summed E-state index contributed by atoms with van der Waals surface area (Å²) < 4.78 is 1.80. The predicted molar refractivity (Wildman–Crippen MR) is 65.4 cm³/mol. The van der Waals surface area contributed by atoms with Crippen LogP contribution in [0.1, 0.15) is 17.7 Å². The molecule has 0 aliphatic rings. The highest BCUT2D eigenvalue weighted by Crippen LogP contribution is 2.18. The van der Waals surface area contributed by atoms with Crippen molar-refractivity contribution < 1.29 is 10.2 Å². The van der Waals surface area contributed by atoms with Crippen LogP contribution in [0.25, 0.3) is 5.69 Å². The van der Waals surface area contributed by atoms with Gasteiger partial charge in [0.05, 0.1) is 11.9 Å². The van der Waals surface area contributed by atoms with E-state index in [0.717, 1.165) is 29.8 Å². The maximum Gasteiger partial charge on any atom is 0.117 e. The lowest BCUT2D eigenvalue weighted by Gasteiger charge is -2.05. The van der Waals surface area contributed by atoms with E-state index in [4.69, 9.17) is 5.11 Å². The van der Waals surface area contributed by atoms with Crippen LogP contribution in [-0.2, 0) is 6.42 Å². The van der Waals surface area contributed by atoms with E-state index in [1.54, 1.807) is 22.9 Å². The van der Waals surface area contributed by atoms with Crippen molar-refractivity contribution in [1.29, 1.82) is 0 Å². The lowest BCUT2D eigenvalue weighted by atomic mass is 10.1. The van der Waals surface area contributed by atoms with Gasteiger partial charge in [-0.2, -0.15) is 5.10 Å². The molecule has 90 valence electrons. The van der Waals surface area contributed by atoms with Gasteiger partial charge in [-0.3, -0.25) is 0 Å². The Kier molecular flexibility index (Phi) is 3.44. The Morgan fingerprint density at radius 2 is 2.18 bits per heavy atom. The van der Waals surface area contributed by atoms with Crippen LogP contribution in [0.5, 0.6) is 5.75 Å². The molecule has 2 N–H and O–H groups in total. The highest BCUT2D eigenvalue weighted by atomic mass is 16.3. The molecule has 0 aliphatic carbocycles. The maximum absolute atomic E-state index is 9.44. The number of benzene rings is 1. The molecule has 2 aromatic rings. The quantitative estimate of drug-likeness (QED) is 0.845. The van der Waals surface area contributed by atoms with Crippen molar-refractivity contribution in [2.75, 3.05) is 6.61 Å². The minimum absolute atomic E-state index is 0.191.